The molecule has 1 saturated carbocycles. The third kappa shape index (κ3) is 5.22. The van der Waals surface area contributed by atoms with Gasteiger partial charge in [-0.2, -0.15) is 4.31 Å². The van der Waals surface area contributed by atoms with Crippen LogP contribution < -0.4 is 5.32 Å². The summed E-state index contributed by atoms with van der Waals surface area (Å²) in [6.45, 7) is 1.74. The molecule has 5 nitrogen and oxygen atoms in total. The highest BCUT2D eigenvalue weighted by molar-refractivity contribution is 7.89. The van der Waals surface area contributed by atoms with Crippen LogP contribution in [-0.2, 0) is 21.2 Å². The van der Waals surface area contributed by atoms with Gasteiger partial charge in [0.2, 0.25) is 15.9 Å². The summed E-state index contributed by atoms with van der Waals surface area (Å²) in [6.07, 6.45) is 5.13. The number of carbonyl (C=O) groups excluding carboxylic acids is 1. The van der Waals surface area contributed by atoms with Crippen molar-refractivity contribution in [3.63, 3.8) is 0 Å². The number of carbonyl (C=O) groups is 1. The summed E-state index contributed by atoms with van der Waals surface area (Å²) in [5.74, 6) is -0.871. The second-order valence-electron chi connectivity index (χ2n) is 7.35. The summed E-state index contributed by atoms with van der Waals surface area (Å²) < 4.78 is 41.1. The standard InChI is InChI=1S/C22H27FN2O3S/c1-2-17-8-6-7-11-21(17)24-22(26)16-25(19-9-4-3-5-10-19)29(27,28)20-14-12-18(23)13-15-20/h6-8,11-15,19H,2-5,9-10,16H2,1H3,(H,24,26). The van der Waals surface area contributed by atoms with Crippen LogP contribution in [0.1, 0.15) is 44.6 Å². The SMILES string of the molecule is CCc1ccccc1NC(=O)CN(C1CCCCC1)S(=O)(=O)c1ccc(F)cc1. The van der Waals surface area contributed by atoms with Crippen molar-refractivity contribution in [3.8, 4) is 0 Å². The highest BCUT2D eigenvalue weighted by Gasteiger charge is 2.34. The maximum absolute atomic E-state index is 13.3. The molecule has 0 unspecified atom stereocenters. The fourth-order valence-electron chi connectivity index (χ4n) is 3.80. The molecule has 2 aromatic rings. The van der Waals surface area contributed by atoms with Gasteiger partial charge < -0.3 is 5.32 Å². The van der Waals surface area contributed by atoms with E-state index >= 15 is 0 Å². The molecular formula is C22H27FN2O3S. The first kappa shape index (κ1) is 21.5. The molecular weight excluding hydrogens is 391 g/mol. The predicted octanol–water partition coefficient (Wildman–Crippen LogP) is 4.35. The van der Waals surface area contributed by atoms with E-state index in [1.807, 2.05) is 31.2 Å². The Balaban J connectivity index is 1.85. The molecule has 0 radical (unpaired) electrons. The predicted molar refractivity (Wildman–Crippen MR) is 112 cm³/mol. The van der Waals surface area contributed by atoms with Crippen LogP contribution in [0.5, 0.6) is 0 Å². The van der Waals surface area contributed by atoms with E-state index in [-0.39, 0.29) is 23.4 Å². The Kier molecular flexibility index (Phi) is 7.03. The Bertz CT molecular complexity index is 939. The van der Waals surface area contributed by atoms with Crippen molar-refractivity contribution in [2.45, 2.75) is 56.4 Å². The zero-order valence-electron chi connectivity index (χ0n) is 16.6. The number of nitrogens with one attached hydrogen (secondary N) is 1. The molecule has 3 rings (SSSR count). The number of anilines is 1. The van der Waals surface area contributed by atoms with Gasteiger partial charge in [0.05, 0.1) is 11.4 Å². The minimum Gasteiger partial charge on any atom is -0.325 e. The van der Waals surface area contributed by atoms with Crippen molar-refractivity contribution in [1.82, 2.24) is 4.31 Å². The van der Waals surface area contributed by atoms with E-state index in [0.29, 0.717) is 5.69 Å². The van der Waals surface area contributed by atoms with Gasteiger partial charge in [0, 0.05) is 11.7 Å². The van der Waals surface area contributed by atoms with Crippen LogP contribution in [0, 0.1) is 5.82 Å². The third-order valence-electron chi connectivity index (χ3n) is 5.37. The van der Waals surface area contributed by atoms with Gasteiger partial charge in [0.25, 0.3) is 0 Å². The molecule has 0 atom stereocenters. The molecule has 0 spiro atoms. The zero-order valence-corrected chi connectivity index (χ0v) is 17.4. The second kappa shape index (κ2) is 9.50. The Labute approximate surface area is 172 Å². The first-order valence-electron chi connectivity index (χ1n) is 10.1. The Morgan fingerprint density at radius 1 is 1.07 bits per heavy atom. The smallest absolute Gasteiger partial charge is 0.243 e. The first-order valence-corrected chi connectivity index (χ1v) is 11.5. The van der Waals surface area contributed by atoms with Gasteiger partial charge in [0.1, 0.15) is 5.82 Å². The number of halogens is 1. The van der Waals surface area contributed by atoms with Crippen LogP contribution in [-0.4, -0.2) is 31.2 Å². The maximum Gasteiger partial charge on any atom is 0.243 e. The summed E-state index contributed by atoms with van der Waals surface area (Å²) in [5.41, 5.74) is 1.69. The van der Waals surface area contributed by atoms with Gasteiger partial charge in [-0.1, -0.05) is 44.4 Å². The van der Waals surface area contributed by atoms with Crippen molar-refractivity contribution in [3.05, 3.63) is 59.9 Å². The van der Waals surface area contributed by atoms with E-state index in [2.05, 4.69) is 5.32 Å². The van der Waals surface area contributed by atoms with Crippen molar-refractivity contribution in [2.24, 2.45) is 0 Å². The van der Waals surface area contributed by atoms with E-state index in [0.717, 1.165) is 56.2 Å². The van der Waals surface area contributed by atoms with Crippen LogP contribution in [0.4, 0.5) is 10.1 Å². The van der Waals surface area contributed by atoms with Crippen molar-refractivity contribution in [1.29, 1.82) is 0 Å². The minimum atomic E-state index is -3.91. The lowest BCUT2D eigenvalue weighted by Gasteiger charge is -2.33. The van der Waals surface area contributed by atoms with E-state index in [1.165, 1.54) is 16.4 Å². The molecule has 0 aromatic heterocycles. The molecule has 156 valence electrons. The van der Waals surface area contributed by atoms with Gasteiger partial charge in [-0.05, 0) is 55.2 Å². The van der Waals surface area contributed by atoms with Gasteiger partial charge in [0.15, 0.2) is 0 Å². The number of rotatable bonds is 7. The summed E-state index contributed by atoms with van der Waals surface area (Å²) in [5, 5.41) is 2.86. The van der Waals surface area contributed by atoms with E-state index in [1.54, 1.807) is 0 Å². The summed E-state index contributed by atoms with van der Waals surface area (Å²) >= 11 is 0. The molecule has 0 bridgehead atoms. The summed E-state index contributed by atoms with van der Waals surface area (Å²) in [6, 6.07) is 12.0. The van der Waals surface area contributed by atoms with Gasteiger partial charge in [-0.3, -0.25) is 4.79 Å². The van der Waals surface area contributed by atoms with Crippen LogP contribution in [0.15, 0.2) is 53.4 Å². The largest absolute Gasteiger partial charge is 0.325 e. The Morgan fingerprint density at radius 2 is 1.72 bits per heavy atom. The van der Waals surface area contributed by atoms with Crippen molar-refractivity contribution in [2.75, 3.05) is 11.9 Å². The quantitative estimate of drug-likeness (QED) is 0.727. The van der Waals surface area contributed by atoms with Gasteiger partial charge >= 0.3 is 0 Å². The van der Waals surface area contributed by atoms with Crippen LogP contribution in [0.25, 0.3) is 0 Å². The van der Waals surface area contributed by atoms with Crippen molar-refractivity contribution >= 4 is 21.6 Å². The minimum absolute atomic E-state index is 0.00577. The van der Waals surface area contributed by atoms with E-state index < -0.39 is 15.8 Å². The van der Waals surface area contributed by atoms with Crippen LogP contribution in [0.3, 0.4) is 0 Å². The second-order valence-corrected chi connectivity index (χ2v) is 9.25. The number of para-hydroxylation sites is 1. The van der Waals surface area contributed by atoms with E-state index in [9.17, 15) is 17.6 Å². The zero-order chi connectivity index (χ0) is 20.9. The number of sulfonamides is 1. The lowest BCUT2D eigenvalue weighted by Crippen LogP contribution is -2.45. The lowest BCUT2D eigenvalue weighted by molar-refractivity contribution is -0.116. The monoisotopic (exact) mass is 418 g/mol. The molecule has 1 aliphatic rings. The molecule has 2 aromatic carbocycles. The molecule has 0 heterocycles. The number of hydrogen-bond donors (Lipinski definition) is 1. The number of benzene rings is 2. The average molecular weight is 419 g/mol. The third-order valence-corrected chi connectivity index (χ3v) is 7.29. The lowest BCUT2D eigenvalue weighted by atomic mass is 9.95. The first-order chi connectivity index (χ1) is 13.9. The van der Waals surface area contributed by atoms with Crippen LogP contribution in [0.2, 0.25) is 0 Å². The highest BCUT2D eigenvalue weighted by atomic mass is 32.2. The molecule has 0 saturated heterocycles. The van der Waals surface area contributed by atoms with E-state index in [4.69, 9.17) is 0 Å². The summed E-state index contributed by atoms with van der Waals surface area (Å²) in [7, 11) is -3.91. The number of amides is 1. The molecule has 0 aliphatic heterocycles. The van der Waals surface area contributed by atoms with Crippen molar-refractivity contribution < 1.29 is 17.6 Å². The van der Waals surface area contributed by atoms with Gasteiger partial charge in [-0.25, -0.2) is 12.8 Å². The molecule has 1 fully saturated rings. The number of aryl methyl sites for hydroxylation is 1. The maximum atomic E-state index is 13.3. The molecule has 1 aliphatic carbocycles. The molecule has 1 amide bonds. The molecule has 7 heteroatoms. The topological polar surface area (TPSA) is 66.5 Å². The van der Waals surface area contributed by atoms with Crippen LogP contribution >= 0.6 is 0 Å². The summed E-state index contributed by atoms with van der Waals surface area (Å²) in [4.78, 5) is 12.8. The molecule has 1 N–H and O–H groups in total. The Hall–Kier alpha value is -2.25. The number of hydrogen-bond acceptors (Lipinski definition) is 3. The fourth-order valence-corrected chi connectivity index (χ4v) is 5.44. The fraction of sp³-hybridized carbons (Fsp3) is 0.409. The molecule has 29 heavy (non-hydrogen) atoms. The highest BCUT2D eigenvalue weighted by Crippen LogP contribution is 2.28. The Morgan fingerprint density at radius 3 is 2.38 bits per heavy atom. The normalized spacial score (nSPS) is 15.4. The van der Waals surface area contributed by atoms with Gasteiger partial charge in [-0.15, -0.1) is 0 Å². The average Bonchev–Trinajstić information content (AvgIpc) is 2.73. The number of nitrogens with zero attached hydrogens (tertiary/aromatic N) is 1.